The second-order valence-corrected chi connectivity index (χ2v) is 8.56. The van der Waals surface area contributed by atoms with Gasteiger partial charge >= 0.3 is 0 Å². The van der Waals surface area contributed by atoms with Crippen molar-refractivity contribution in [1.29, 1.82) is 0 Å². The first kappa shape index (κ1) is 22.8. The fraction of sp³-hybridized carbons (Fsp3) is 0.261. The van der Waals surface area contributed by atoms with Crippen LogP contribution in [0.15, 0.2) is 36.4 Å². The molecule has 0 saturated heterocycles. The largest absolute Gasteiger partial charge is 0.496 e. The number of Topliss-reactive ketones (excluding diaryl/α,β-unsaturated/α-hetero) is 1. The fourth-order valence-electron chi connectivity index (χ4n) is 3.19. The second-order valence-electron chi connectivity index (χ2n) is 6.92. The van der Waals surface area contributed by atoms with E-state index in [2.05, 4.69) is 10.3 Å². The van der Waals surface area contributed by atoms with Crippen LogP contribution in [-0.4, -0.2) is 30.9 Å². The third kappa shape index (κ3) is 5.42. The highest BCUT2D eigenvalue weighted by molar-refractivity contribution is 7.16. The average Bonchev–Trinajstić information content (AvgIpc) is 3.11. The SMILES string of the molecule is COc1ccc(-c2nc(NC(=O)CCC(=O)c3cc(Cl)ccc3OC)sc2C)cc1C. The minimum atomic E-state index is -0.277. The Bertz CT molecular complexity index is 1130. The molecule has 1 heterocycles. The number of nitrogens with zero attached hydrogens (tertiary/aromatic N) is 1. The summed E-state index contributed by atoms with van der Waals surface area (Å²) in [5.74, 6) is 0.760. The quantitative estimate of drug-likeness (QED) is 0.438. The first-order valence-electron chi connectivity index (χ1n) is 9.61. The van der Waals surface area contributed by atoms with Gasteiger partial charge in [-0.3, -0.25) is 9.59 Å². The fourth-order valence-corrected chi connectivity index (χ4v) is 4.21. The van der Waals surface area contributed by atoms with Crippen molar-refractivity contribution in [3.63, 3.8) is 0 Å². The number of aryl methyl sites for hydroxylation is 2. The molecule has 31 heavy (non-hydrogen) atoms. The highest BCUT2D eigenvalue weighted by Gasteiger charge is 2.17. The Kier molecular flexibility index (Phi) is 7.30. The molecule has 1 N–H and O–H groups in total. The van der Waals surface area contributed by atoms with E-state index in [1.807, 2.05) is 32.0 Å². The van der Waals surface area contributed by atoms with Gasteiger partial charge in [-0.1, -0.05) is 11.6 Å². The number of anilines is 1. The molecule has 3 aromatic rings. The Morgan fingerprint density at radius 2 is 1.74 bits per heavy atom. The Labute approximate surface area is 190 Å². The molecule has 1 aromatic heterocycles. The number of ether oxygens (including phenoxy) is 2. The van der Waals surface area contributed by atoms with Crippen molar-refractivity contribution in [2.24, 2.45) is 0 Å². The van der Waals surface area contributed by atoms with Crippen LogP contribution in [0.3, 0.4) is 0 Å². The van der Waals surface area contributed by atoms with Crippen LogP contribution in [0.4, 0.5) is 5.13 Å². The molecule has 0 unspecified atom stereocenters. The Balaban J connectivity index is 1.65. The van der Waals surface area contributed by atoms with Crippen molar-refractivity contribution in [2.75, 3.05) is 19.5 Å². The van der Waals surface area contributed by atoms with Crippen LogP contribution in [0.5, 0.6) is 11.5 Å². The minimum absolute atomic E-state index is 0.0319. The number of rotatable bonds is 8. The Hall–Kier alpha value is -2.90. The maximum atomic E-state index is 12.5. The maximum Gasteiger partial charge on any atom is 0.226 e. The number of amides is 1. The van der Waals surface area contributed by atoms with Crippen LogP contribution in [-0.2, 0) is 4.79 Å². The molecule has 0 radical (unpaired) electrons. The Morgan fingerprint density at radius 1 is 1.03 bits per heavy atom. The topological polar surface area (TPSA) is 77.5 Å². The van der Waals surface area contributed by atoms with E-state index in [1.54, 1.807) is 25.3 Å². The molecule has 0 saturated carbocycles. The van der Waals surface area contributed by atoms with Gasteiger partial charge in [-0.15, -0.1) is 11.3 Å². The number of hydrogen-bond donors (Lipinski definition) is 1. The van der Waals surface area contributed by atoms with Crippen LogP contribution >= 0.6 is 22.9 Å². The second kappa shape index (κ2) is 9.94. The molecule has 1 amide bonds. The van der Waals surface area contributed by atoms with Crippen LogP contribution < -0.4 is 14.8 Å². The van der Waals surface area contributed by atoms with Gasteiger partial charge in [-0.05, 0) is 55.8 Å². The molecule has 6 nitrogen and oxygen atoms in total. The summed E-state index contributed by atoms with van der Waals surface area (Å²) in [5, 5.41) is 3.73. The number of carbonyl (C=O) groups excluding carboxylic acids is 2. The molecule has 8 heteroatoms. The highest BCUT2D eigenvalue weighted by Crippen LogP contribution is 2.33. The number of aromatic nitrogens is 1. The molecule has 0 atom stereocenters. The van der Waals surface area contributed by atoms with Gasteiger partial charge in [-0.2, -0.15) is 0 Å². The van der Waals surface area contributed by atoms with Gasteiger partial charge in [0, 0.05) is 28.3 Å². The van der Waals surface area contributed by atoms with E-state index in [-0.39, 0.29) is 24.5 Å². The molecule has 2 aromatic carbocycles. The van der Waals surface area contributed by atoms with E-state index in [0.29, 0.717) is 21.5 Å². The summed E-state index contributed by atoms with van der Waals surface area (Å²) in [4.78, 5) is 30.5. The lowest BCUT2D eigenvalue weighted by Crippen LogP contribution is -2.13. The third-order valence-electron chi connectivity index (χ3n) is 4.75. The Morgan fingerprint density at radius 3 is 2.42 bits per heavy atom. The van der Waals surface area contributed by atoms with Crippen molar-refractivity contribution in [3.05, 3.63) is 57.4 Å². The number of nitrogens with one attached hydrogen (secondary N) is 1. The third-order valence-corrected chi connectivity index (χ3v) is 5.87. The first-order valence-corrected chi connectivity index (χ1v) is 10.8. The molecule has 0 aliphatic carbocycles. The van der Waals surface area contributed by atoms with Gasteiger partial charge in [0.2, 0.25) is 5.91 Å². The number of methoxy groups -OCH3 is 2. The van der Waals surface area contributed by atoms with Crippen molar-refractivity contribution in [3.8, 4) is 22.8 Å². The lowest BCUT2D eigenvalue weighted by atomic mass is 10.1. The van der Waals surface area contributed by atoms with Gasteiger partial charge in [0.05, 0.1) is 25.5 Å². The van der Waals surface area contributed by atoms with Crippen molar-refractivity contribution in [1.82, 2.24) is 4.98 Å². The maximum absolute atomic E-state index is 12.5. The zero-order chi connectivity index (χ0) is 22.5. The smallest absolute Gasteiger partial charge is 0.226 e. The number of halogens is 1. The number of benzene rings is 2. The summed E-state index contributed by atoms with van der Waals surface area (Å²) in [6.45, 7) is 3.93. The van der Waals surface area contributed by atoms with Gasteiger partial charge in [0.1, 0.15) is 11.5 Å². The molecule has 3 rings (SSSR count). The predicted molar refractivity (Wildman–Crippen MR) is 124 cm³/mol. The number of ketones is 1. The van der Waals surface area contributed by atoms with Crippen molar-refractivity contribution < 1.29 is 19.1 Å². The average molecular weight is 459 g/mol. The molecule has 0 aliphatic heterocycles. The molecular weight excluding hydrogens is 436 g/mol. The molecule has 0 bridgehead atoms. The van der Waals surface area contributed by atoms with Gasteiger partial charge < -0.3 is 14.8 Å². The molecule has 0 aliphatic rings. The monoisotopic (exact) mass is 458 g/mol. The van der Waals surface area contributed by atoms with Crippen LogP contribution in [0, 0.1) is 13.8 Å². The van der Waals surface area contributed by atoms with Crippen LogP contribution in [0.25, 0.3) is 11.3 Å². The lowest BCUT2D eigenvalue weighted by Gasteiger charge is -2.08. The summed E-state index contributed by atoms with van der Waals surface area (Å²) in [5.41, 5.74) is 3.14. The normalized spacial score (nSPS) is 10.6. The van der Waals surface area contributed by atoms with Gasteiger partial charge in [-0.25, -0.2) is 4.98 Å². The van der Waals surface area contributed by atoms with E-state index in [1.165, 1.54) is 18.4 Å². The van der Waals surface area contributed by atoms with Crippen molar-refractivity contribution in [2.45, 2.75) is 26.7 Å². The summed E-state index contributed by atoms with van der Waals surface area (Å²) in [7, 11) is 3.12. The van der Waals surface area contributed by atoms with E-state index in [9.17, 15) is 9.59 Å². The lowest BCUT2D eigenvalue weighted by molar-refractivity contribution is -0.116. The standard InChI is InChI=1S/C23H23ClN2O4S/c1-13-11-15(5-8-19(13)29-3)22-14(2)31-23(26-22)25-21(28)10-7-18(27)17-12-16(24)6-9-20(17)30-4/h5-6,8-9,11-12H,7,10H2,1-4H3,(H,25,26,28). The number of thiazole rings is 1. The summed E-state index contributed by atoms with van der Waals surface area (Å²) >= 11 is 7.38. The zero-order valence-corrected chi connectivity index (χ0v) is 19.3. The van der Waals surface area contributed by atoms with Gasteiger partial charge in [0.15, 0.2) is 10.9 Å². The summed E-state index contributed by atoms with van der Waals surface area (Å²) < 4.78 is 10.5. The molecular formula is C23H23ClN2O4S. The van der Waals surface area contributed by atoms with E-state index in [4.69, 9.17) is 21.1 Å². The summed E-state index contributed by atoms with van der Waals surface area (Å²) in [6, 6.07) is 10.7. The molecule has 0 spiro atoms. The van der Waals surface area contributed by atoms with Crippen LogP contribution in [0.2, 0.25) is 5.02 Å². The zero-order valence-electron chi connectivity index (χ0n) is 17.7. The van der Waals surface area contributed by atoms with E-state index in [0.717, 1.165) is 27.4 Å². The molecule has 162 valence electrons. The van der Waals surface area contributed by atoms with Crippen molar-refractivity contribution >= 4 is 39.8 Å². The molecule has 0 fully saturated rings. The predicted octanol–water partition coefficient (Wildman–Crippen LogP) is 5.70. The van der Waals surface area contributed by atoms with Crippen LogP contribution in [0.1, 0.15) is 33.6 Å². The highest BCUT2D eigenvalue weighted by atomic mass is 35.5. The number of carbonyl (C=O) groups is 2. The van der Waals surface area contributed by atoms with E-state index < -0.39 is 0 Å². The van der Waals surface area contributed by atoms with Gasteiger partial charge in [0.25, 0.3) is 0 Å². The van der Waals surface area contributed by atoms with E-state index >= 15 is 0 Å². The minimum Gasteiger partial charge on any atom is -0.496 e. The first-order chi connectivity index (χ1) is 14.8. The summed E-state index contributed by atoms with van der Waals surface area (Å²) in [6.07, 6.45) is 0.0710. The number of hydrogen-bond acceptors (Lipinski definition) is 6.